The Bertz CT molecular complexity index is 134. The Hall–Kier alpha value is -0.300. The standard InChI is InChI=1S/C8H13N/c1-2-4-7(5-3-1)8-6-9-8/h4,8-9H,1-3,5-6H2/t8-/m1/s1. The van der Waals surface area contributed by atoms with Gasteiger partial charge in [0.05, 0.1) is 0 Å². The third-order valence-corrected chi connectivity index (χ3v) is 2.18. The smallest absolute Gasteiger partial charge is 0.0406 e. The molecule has 0 aromatic carbocycles. The molecule has 1 aliphatic carbocycles. The van der Waals surface area contributed by atoms with Crippen LogP contribution in [-0.2, 0) is 0 Å². The van der Waals surface area contributed by atoms with Crippen molar-refractivity contribution in [3.8, 4) is 0 Å². The van der Waals surface area contributed by atoms with E-state index in [-0.39, 0.29) is 0 Å². The fraction of sp³-hybridized carbons (Fsp3) is 0.750. The molecule has 1 atom stereocenters. The van der Waals surface area contributed by atoms with E-state index in [1.165, 1.54) is 32.2 Å². The fourth-order valence-corrected chi connectivity index (χ4v) is 1.50. The molecule has 0 aromatic heterocycles. The molecule has 2 aliphatic rings. The molecule has 1 heteroatoms. The lowest BCUT2D eigenvalue weighted by Gasteiger charge is -2.09. The van der Waals surface area contributed by atoms with Crippen molar-refractivity contribution in [1.82, 2.24) is 5.32 Å². The summed E-state index contributed by atoms with van der Waals surface area (Å²) in [7, 11) is 0. The summed E-state index contributed by atoms with van der Waals surface area (Å²) in [5.41, 5.74) is 1.68. The lowest BCUT2D eigenvalue weighted by molar-refractivity contribution is 0.685. The number of nitrogens with one attached hydrogen (secondary N) is 1. The normalized spacial score (nSPS) is 33.8. The van der Waals surface area contributed by atoms with Gasteiger partial charge in [0, 0.05) is 12.6 Å². The van der Waals surface area contributed by atoms with E-state index >= 15 is 0 Å². The SMILES string of the molecule is C1=C([C@H]2CN2)CCCC1. The minimum atomic E-state index is 0.797. The van der Waals surface area contributed by atoms with E-state index in [4.69, 9.17) is 0 Å². The molecule has 0 bridgehead atoms. The molecule has 0 unspecified atom stereocenters. The largest absolute Gasteiger partial charge is 0.307 e. The first-order valence-electron chi connectivity index (χ1n) is 3.89. The Morgan fingerprint density at radius 2 is 2.33 bits per heavy atom. The monoisotopic (exact) mass is 123 g/mol. The molecule has 50 valence electrons. The molecule has 1 nitrogen and oxygen atoms in total. The van der Waals surface area contributed by atoms with Gasteiger partial charge in [-0.1, -0.05) is 11.6 Å². The summed E-state index contributed by atoms with van der Waals surface area (Å²) in [6.07, 6.45) is 7.94. The fourth-order valence-electron chi connectivity index (χ4n) is 1.50. The molecule has 0 aromatic rings. The molecule has 0 spiro atoms. The minimum absolute atomic E-state index is 0.797. The van der Waals surface area contributed by atoms with Gasteiger partial charge in [0.15, 0.2) is 0 Å². The topological polar surface area (TPSA) is 21.9 Å². The first-order valence-corrected chi connectivity index (χ1v) is 3.89. The molecule has 1 N–H and O–H groups in total. The first kappa shape index (κ1) is 5.48. The summed E-state index contributed by atoms with van der Waals surface area (Å²) >= 11 is 0. The quantitative estimate of drug-likeness (QED) is 0.414. The Morgan fingerprint density at radius 3 is 2.89 bits per heavy atom. The molecule has 9 heavy (non-hydrogen) atoms. The van der Waals surface area contributed by atoms with Gasteiger partial charge in [-0.2, -0.15) is 0 Å². The molecule has 2 rings (SSSR count). The van der Waals surface area contributed by atoms with Crippen LogP contribution in [0.25, 0.3) is 0 Å². The van der Waals surface area contributed by atoms with E-state index < -0.39 is 0 Å². The molecule has 1 heterocycles. The molecule has 0 amide bonds. The van der Waals surface area contributed by atoms with E-state index in [2.05, 4.69) is 11.4 Å². The van der Waals surface area contributed by atoms with Gasteiger partial charge in [0.1, 0.15) is 0 Å². The summed E-state index contributed by atoms with van der Waals surface area (Å²) in [5.74, 6) is 0. The summed E-state index contributed by atoms with van der Waals surface area (Å²) in [6, 6.07) is 0.797. The minimum Gasteiger partial charge on any atom is -0.307 e. The number of hydrogen-bond acceptors (Lipinski definition) is 1. The zero-order chi connectivity index (χ0) is 6.10. The van der Waals surface area contributed by atoms with Gasteiger partial charge in [-0.25, -0.2) is 0 Å². The van der Waals surface area contributed by atoms with E-state index in [9.17, 15) is 0 Å². The van der Waals surface area contributed by atoms with E-state index in [1.807, 2.05) is 0 Å². The lowest BCUT2D eigenvalue weighted by atomic mass is 9.97. The van der Waals surface area contributed by atoms with Gasteiger partial charge in [-0.15, -0.1) is 0 Å². The Morgan fingerprint density at radius 1 is 1.44 bits per heavy atom. The van der Waals surface area contributed by atoms with Crippen molar-refractivity contribution in [3.05, 3.63) is 11.6 Å². The Balaban J connectivity index is 1.99. The molecule has 0 saturated carbocycles. The number of hydrogen-bond donors (Lipinski definition) is 1. The maximum absolute atomic E-state index is 3.34. The highest BCUT2D eigenvalue weighted by molar-refractivity contribution is 5.19. The van der Waals surface area contributed by atoms with E-state index in [0.717, 1.165) is 6.04 Å². The van der Waals surface area contributed by atoms with Gasteiger partial charge < -0.3 is 5.32 Å². The van der Waals surface area contributed by atoms with Crippen LogP contribution in [0.1, 0.15) is 25.7 Å². The van der Waals surface area contributed by atoms with Gasteiger partial charge in [0.2, 0.25) is 0 Å². The van der Waals surface area contributed by atoms with Crippen molar-refractivity contribution < 1.29 is 0 Å². The van der Waals surface area contributed by atoms with E-state index in [1.54, 1.807) is 5.57 Å². The molecule has 0 radical (unpaired) electrons. The summed E-state index contributed by atoms with van der Waals surface area (Å²) in [6.45, 7) is 1.24. The second-order valence-corrected chi connectivity index (χ2v) is 2.99. The lowest BCUT2D eigenvalue weighted by Crippen LogP contribution is -2.00. The van der Waals surface area contributed by atoms with Crippen molar-refractivity contribution in [2.75, 3.05) is 6.54 Å². The van der Waals surface area contributed by atoms with Crippen LogP contribution in [0.5, 0.6) is 0 Å². The zero-order valence-corrected chi connectivity index (χ0v) is 5.69. The van der Waals surface area contributed by atoms with Gasteiger partial charge in [0.25, 0.3) is 0 Å². The van der Waals surface area contributed by atoms with Crippen molar-refractivity contribution >= 4 is 0 Å². The van der Waals surface area contributed by atoms with Crippen molar-refractivity contribution in [2.45, 2.75) is 31.7 Å². The average molecular weight is 123 g/mol. The molecular formula is C8H13N. The highest BCUT2D eigenvalue weighted by Gasteiger charge is 2.24. The highest BCUT2D eigenvalue weighted by atomic mass is 15.1. The second kappa shape index (κ2) is 2.14. The van der Waals surface area contributed by atoms with Gasteiger partial charge >= 0.3 is 0 Å². The summed E-state index contributed by atoms with van der Waals surface area (Å²) in [4.78, 5) is 0. The van der Waals surface area contributed by atoms with Crippen LogP contribution in [0, 0.1) is 0 Å². The predicted molar refractivity (Wildman–Crippen MR) is 38.3 cm³/mol. The van der Waals surface area contributed by atoms with Gasteiger partial charge in [-0.3, -0.25) is 0 Å². The van der Waals surface area contributed by atoms with Crippen LogP contribution in [0.3, 0.4) is 0 Å². The molecule has 1 fully saturated rings. The second-order valence-electron chi connectivity index (χ2n) is 2.99. The summed E-state index contributed by atoms with van der Waals surface area (Å²) < 4.78 is 0. The molecular weight excluding hydrogens is 110 g/mol. The zero-order valence-electron chi connectivity index (χ0n) is 5.69. The van der Waals surface area contributed by atoms with Crippen molar-refractivity contribution in [1.29, 1.82) is 0 Å². The van der Waals surface area contributed by atoms with Gasteiger partial charge in [-0.05, 0) is 25.7 Å². The average Bonchev–Trinajstić information content (AvgIpc) is 2.71. The van der Waals surface area contributed by atoms with E-state index in [0.29, 0.717) is 0 Å². The van der Waals surface area contributed by atoms with Crippen LogP contribution >= 0.6 is 0 Å². The number of rotatable bonds is 1. The van der Waals surface area contributed by atoms with Crippen molar-refractivity contribution in [2.24, 2.45) is 0 Å². The maximum Gasteiger partial charge on any atom is 0.0406 e. The van der Waals surface area contributed by atoms with Crippen LogP contribution in [0.4, 0.5) is 0 Å². The van der Waals surface area contributed by atoms with Crippen LogP contribution < -0.4 is 5.32 Å². The van der Waals surface area contributed by atoms with Crippen LogP contribution in [-0.4, -0.2) is 12.6 Å². The highest BCUT2D eigenvalue weighted by Crippen LogP contribution is 2.23. The Kier molecular flexibility index (Phi) is 1.31. The number of allylic oxidation sites excluding steroid dienone is 1. The molecule has 1 saturated heterocycles. The van der Waals surface area contributed by atoms with Crippen molar-refractivity contribution in [3.63, 3.8) is 0 Å². The first-order chi connectivity index (χ1) is 4.47. The maximum atomic E-state index is 3.34. The third-order valence-electron chi connectivity index (χ3n) is 2.18. The molecule has 1 aliphatic heterocycles. The predicted octanol–water partition coefficient (Wildman–Crippen LogP) is 1.46. The summed E-state index contributed by atoms with van der Waals surface area (Å²) in [5, 5.41) is 3.34. The van der Waals surface area contributed by atoms with Crippen LogP contribution in [0.2, 0.25) is 0 Å². The van der Waals surface area contributed by atoms with Crippen LogP contribution in [0.15, 0.2) is 11.6 Å². The third kappa shape index (κ3) is 1.16. The Labute approximate surface area is 56.1 Å².